The third-order valence-electron chi connectivity index (χ3n) is 3.14. The van der Waals surface area contributed by atoms with Crippen molar-refractivity contribution in [3.8, 4) is 0 Å². The summed E-state index contributed by atoms with van der Waals surface area (Å²) in [6.07, 6.45) is 2.91. The summed E-state index contributed by atoms with van der Waals surface area (Å²) in [5, 5.41) is 2.75. The number of hydrogen-bond acceptors (Lipinski definition) is 3. The van der Waals surface area contributed by atoms with Crippen LogP contribution < -0.4 is 5.32 Å². The highest BCUT2D eigenvalue weighted by molar-refractivity contribution is 9.10. The maximum Gasteiger partial charge on any atom is 0.328 e. The van der Waals surface area contributed by atoms with Crippen LogP contribution in [0.5, 0.6) is 0 Å². The summed E-state index contributed by atoms with van der Waals surface area (Å²) in [6, 6.07) is 6.52. The Labute approximate surface area is 120 Å². The molecule has 1 aliphatic carbocycles. The van der Waals surface area contributed by atoms with Crippen LogP contribution in [0, 0.1) is 5.92 Å². The average molecular weight is 326 g/mol. The minimum Gasteiger partial charge on any atom is -0.467 e. The number of carbonyl (C=O) groups excluding carboxylic acids is 2. The first kappa shape index (κ1) is 14.1. The Bertz CT molecular complexity index is 485. The van der Waals surface area contributed by atoms with Gasteiger partial charge in [-0.25, -0.2) is 4.79 Å². The van der Waals surface area contributed by atoms with E-state index in [2.05, 4.69) is 21.2 Å². The molecule has 0 saturated heterocycles. The Balaban J connectivity index is 2.03. The lowest BCUT2D eigenvalue weighted by Crippen LogP contribution is -2.41. The third kappa shape index (κ3) is 4.06. The highest BCUT2D eigenvalue weighted by Crippen LogP contribution is 2.33. The zero-order valence-corrected chi connectivity index (χ0v) is 12.3. The molecule has 0 spiro atoms. The number of carbonyl (C=O) groups is 2. The van der Waals surface area contributed by atoms with Gasteiger partial charge in [0.05, 0.1) is 7.11 Å². The van der Waals surface area contributed by atoms with Gasteiger partial charge in [0, 0.05) is 10.0 Å². The van der Waals surface area contributed by atoms with Crippen LogP contribution >= 0.6 is 15.9 Å². The molecule has 1 N–H and O–H groups in total. The van der Waals surface area contributed by atoms with Gasteiger partial charge in [0.2, 0.25) is 0 Å². The van der Waals surface area contributed by atoms with Gasteiger partial charge in [-0.1, -0.05) is 34.8 Å². The molecule has 0 aliphatic heterocycles. The summed E-state index contributed by atoms with van der Waals surface area (Å²) < 4.78 is 5.57. The van der Waals surface area contributed by atoms with Crippen molar-refractivity contribution < 1.29 is 14.3 Å². The minimum absolute atomic E-state index is 0.252. The van der Waals surface area contributed by atoms with E-state index in [4.69, 9.17) is 4.74 Å². The fourth-order valence-electron chi connectivity index (χ4n) is 1.91. The predicted octanol–water partition coefficient (Wildman–Crippen LogP) is 2.52. The number of methoxy groups -OCH3 is 1. The molecule has 1 fully saturated rings. The van der Waals surface area contributed by atoms with Gasteiger partial charge in [-0.3, -0.25) is 4.79 Å². The zero-order valence-electron chi connectivity index (χ0n) is 10.7. The lowest BCUT2D eigenvalue weighted by Gasteiger charge is -2.16. The first-order valence-electron chi connectivity index (χ1n) is 6.24. The Morgan fingerprint density at radius 3 is 2.79 bits per heavy atom. The van der Waals surface area contributed by atoms with E-state index in [-0.39, 0.29) is 11.9 Å². The number of ether oxygens (including phenoxy) is 1. The molecule has 4 nitrogen and oxygen atoms in total. The van der Waals surface area contributed by atoms with Crippen LogP contribution in [0.1, 0.15) is 29.6 Å². The Hall–Kier alpha value is -1.36. The van der Waals surface area contributed by atoms with Crippen molar-refractivity contribution in [2.75, 3.05) is 7.11 Å². The van der Waals surface area contributed by atoms with Crippen LogP contribution in [-0.2, 0) is 9.53 Å². The standard InChI is InChI=1S/C14H16BrNO3/c1-19-14(18)12(7-9-5-6-9)16-13(17)10-3-2-4-11(15)8-10/h2-4,8-9,12H,5-7H2,1H3,(H,16,17)/t12-/m1/s1. The molecule has 1 saturated carbocycles. The Kier molecular flexibility index (Phi) is 4.58. The number of benzene rings is 1. The molecule has 0 bridgehead atoms. The van der Waals surface area contributed by atoms with Crippen molar-refractivity contribution in [3.05, 3.63) is 34.3 Å². The number of hydrogen-bond donors (Lipinski definition) is 1. The van der Waals surface area contributed by atoms with E-state index in [0.717, 1.165) is 17.3 Å². The van der Waals surface area contributed by atoms with Crippen LogP contribution in [0.2, 0.25) is 0 Å². The van der Waals surface area contributed by atoms with Crippen LogP contribution in [0.25, 0.3) is 0 Å². The maximum atomic E-state index is 12.1. The molecule has 1 atom stereocenters. The fourth-order valence-corrected chi connectivity index (χ4v) is 2.31. The van der Waals surface area contributed by atoms with Gasteiger partial charge >= 0.3 is 5.97 Å². The van der Waals surface area contributed by atoms with Crippen molar-refractivity contribution >= 4 is 27.8 Å². The van der Waals surface area contributed by atoms with Crippen LogP contribution in [-0.4, -0.2) is 25.0 Å². The highest BCUT2D eigenvalue weighted by atomic mass is 79.9. The molecule has 102 valence electrons. The van der Waals surface area contributed by atoms with E-state index in [1.54, 1.807) is 18.2 Å². The summed E-state index contributed by atoms with van der Waals surface area (Å²) in [7, 11) is 1.34. The van der Waals surface area contributed by atoms with Crippen molar-refractivity contribution in [3.63, 3.8) is 0 Å². The van der Waals surface area contributed by atoms with Gasteiger partial charge in [0.15, 0.2) is 0 Å². The Morgan fingerprint density at radius 1 is 1.47 bits per heavy atom. The molecule has 0 unspecified atom stereocenters. The molecule has 1 aliphatic rings. The second-order valence-electron chi connectivity index (χ2n) is 4.74. The fraction of sp³-hybridized carbons (Fsp3) is 0.429. The Morgan fingerprint density at radius 2 is 2.21 bits per heavy atom. The number of esters is 1. The van der Waals surface area contributed by atoms with Crippen molar-refractivity contribution in [2.45, 2.75) is 25.3 Å². The molecule has 2 rings (SSSR count). The van der Waals surface area contributed by atoms with E-state index in [1.165, 1.54) is 7.11 Å². The number of amides is 1. The number of halogens is 1. The summed E-state index contributed by atoms with van der Waals surface area (Å²) in [5.41, 5.74) is 0.527. The zero-order chi connectivity index (χ0) is 13.8. The molecule has 5 heteroatoms. The second kappa shape index (κ2) is 6.19. The van der Waals surface area contributed by atoms with Crippen molar-refractivity contribution in [1.82, 2.24) is 5.32 Å². The SMILES string of the molecule is COC(=O)[C@@H](CC1CC1)NC(=O)c1cccc(Br)c1. The largest absolute Gasteiger partial charge is 0.467 e. The first-order chi connectivity index (χ1) is 9.10. The molecule has 1 aromatic carbocycles. The molecule has 1 aromatic rings. The molecule has 0 radical (unpaired) electrons. The highest BCUT2D eigenvalue weighted by Gasteiger charge is 2.31. The summed E-state index contributed by atoms with van der Waals surface area (Å²) in [6.45, 7) is 0. The van der Waals surface area contributed by atoms with Crippen LogP contribution in [0.4, 0.5) is 0 Å². The molecular weight excluding hydrogens is 310 g/mol. The van der Waals surface area contributed by atoms with Crippen molar-refractivity contribution in [2.24, 2.45) is 5.92 Å². The van der Waals surface area contributed by atoms with E-state index < -0.39 is 6.04 Å². The minimum atomic E-state index is -0.552. The predicted molar refractivity (Wildman–Crippen MR) is 74.8 cm³/mol. The summed E-state index contributed by atoms with van der Waals surface area (Å²) in [5.74, 6) is -0.0977. The second-order valence-corrected chi connectivity index (χ2v) is 5.65. The lowest BCUT2D eigenvalue weighted by atomic mass is 10.1. The number of nitrogens with one attached hydrogen (secondary N) is 1. The topological polar surface area (TPSA) is 55.4 Å². The third-order valence-corrected chi connectivity index (χ3v) is 3.64. The van der Waals surface area contributed by atoms with E-state index in [1.807, 2.05) is 6.07 Å². The molecule has 19 heavy (non-hydrogen) atoms. The lowest BCUT2D eigenvalue weighted by molar-refractivity contribution is -0.143. The maximum absolute atomic E-state index is 12.1. The summed E-state index contributed by atoms with van der Waals surface area (Å²) >= 11 is 3.32. The van der Waals surface area contributed by atoms with E-state index >= 15 is 0 Å². The molecule has 0 heterocycles. The van der Waals surface area contributed by atoms with Gasteiger partial charge < -0.3 is 10.1 Å². The average Bonchev–Trinajstić information content (AvgIpc) is 3.21. The van der Waals surface area contributed by atoms with Gasteiger partial charge in [0.1, 0.15) is 6.04 Å². The van der Waals surface area contributed by atoms with Gasteiger partial charge in [-0.2, -0.15) is 0 Å². The monoisotopic (exact) mass is 325 g/mol. The smallest absolute Gasteiger partial charge is 0.328 e. The molecule has 0 aromatic heterocycles. The quantitative estimate of drug-likeness (QED) is 0.846. The normalized spacial score (nSPS) is 15.7. The molecular formula is C14H16BrNO3. The van der Waals surface area contributed by atoms with E-state index in [0.29, 0.717) is 17.9 Å². The summed E-state index contributed by atoms with van der Waals surface area (Å²) in [4.78, 5) is 23.8. The van der Waals surface area contributed by atoms with E-state index in [9.17, 15) is 9.59 Å². The van der Waals surface area contributed by atoms with Gasteiger partial charge in [-0.05, 0) is 30.5 Å². The first-order valence-corrected chi connectivity index (χ1v) is 7.03. The van der Waals surface area contributed by atoms with Gasteiger partial charge in [0.25, 0.3) is 5.91 Å². The van der Waals surface area contributed by atoms with Crippen LogP contribution in [0.3, 0.4) is 0 Å². The van der Waals surface area contributed by atoms with Gasteiger partial charge in [-0.15, -0.1) is 0 Å². The molecule has 1 amide bonds. The number of rotatable bonds is 5. The van der Waals surface area contributed by atoms with Crippen LogP contribution in [0.15, 0.2) is 28.7 Å². The van der Waals surface area contributed by atoms with Crippen molar-refractivity contribution in [1.29, 1.82) is 0 Å².